The molecular weight excluding hydrogens is 600 g/mol. The lowest BCUT2D eigenvalue weighted by Gasteiger charge is -2.24. The summed E-state index contributed by atoms with van der Waals surface area (Å²) < 4.78 is 18.5. The van der Waals surface area contributed by atoms with Crippen LogP contribution in [0.2, 0.25) is 5.02 Å². The van der Waals surface area contributed by atoms with Crippen LogP contribution < -0.4 is 15.5 Å². The summed E-state index contributed by atoms with van der Waals surface area (Å²) in [6, 6.07) is 10.0. The fourth-order valence-electron chi connectivity index (χ4n) is 4.78. The first-order valence-electron chi connectivity index (χ1n) is 15.0. The molecule has 12 nitrogen and oxygen atoms in total. The van der Waals surface area contributed by atoms with E-state index in [0.29, 0.717) is 34.3 Å². The van der Waals surface area contributed by atoms with Gasteiger partial charge in [-0.25, -0.2) is 9.48 Å². The van der Waals surface area contributed by atoms with Gasteiger partial charge in [0.05, 0.1) is 52.7 Å². The molecule has 0 aliphatic carbocycles. The molecule has 1 fully saturated rings. The smallest absolute Gasteiger partial charge is 0.412 e. The van der Waals surface area contributed by atoms with Gasteiger partial charge < -0.3 is 24.4 Å². The molecule has 1 saturated heterocycles. The molecule has 1 aliphatic rings. The highest BCUT2D eigenvalue weighted by molar-refractivity contribution is 6.34. The number of nitrogens with zero attached hydrogens (tertiary/aromatic N) is 4. The van der Waals surface area contributed by atoms with Gasteiger partial charge in [-0.05, 0) is 70.7 Å². The van der Waals surface area contributed by atoms with Gasteiger partial charge in [-0.2, -0.15) is 0 Å². The Morgan fingerprint density at radius 3 is 2.62 bits per heavy atom. The van der Waals surface area contributed by atoms with E-state index >= 15 is 0 Å². The summed E-state index contributed by atoms with van der Waals surface area (Å²) in [6.45, 7) is 8.94. The van der Waals surface area contributed by atoms with Gasteiger partial charge in [-0.15, -0.1) is 5.10 Å². The molecule has 4 rings (SSSR count). The molecule has 2 heterocycles. The normalized spacial score (nSPS) is 14.9. The fourth-order valence-corrected chi connectivity index (χ4v) is 5.09. The minimum absolute atomic E-state index is 0.236. The maximum absolute atomic E-state index is 13.2. The van der Waals surface area contributed by atoms with Crippen LogP contribution in [-0.4, -0.2) is 64.9 Å². The first-order valence-corrected chi connectivity index (χ1v) is 15.4. The number of amides is 2. The van der Waals surface area contributed by atoms with Crippen molar-refractivity contribution in [2.45, 2.75) is 78.3 Å². The Morgan fingerprint density at radius 2 is 1.91 bits per heavy atom. The van der Waals surface area contributed by atoms with Gasteiger partial charge in [0.2, 0.25) is 5.91 Å². The Bertz CT molecular complexity index is 1500. The molecular formula is C32H41ClN6O6. The number of aromatic nitrogens is 3. The van der Waals surface area contributed by atoms with Crippen molar-refractivity contribution in [2.75, 3.05) is 35.7 Å². The number of carbonyl (C=O) groups excluding carboxylic acids is 3. The number of ketones is 1. The molecule has 3 aromatic rings. The number of ether oxygens (including phenoxy) is 3. The molecule has 1 atom stereocenters. The number of benzene rings is 2. The van der Waals surface area contributed by atoms with Crippen LogP contribution in [0, 0.1) is 0 Å². The molecule has 0 radical (unpaired) electrons. The van der Waals surface area contributed by atoms with Crippen molar-refractivity contribution in [1.29, 1.82) is 0 Å². The monoisotopic (exact) mass is 640 g/mol. The number of hydrogen-bond acceptors (Lipinski definition) is 9. The standard InChI is InChI=1S/C32H41ClN6O6/c1-6-13-38(5)27-17-26(36-31(42)45-32(2,3)4)25(16-24(27)33)35-29(41)18-28(40)21-10-9-11-22(15-21)39-23(19-34-37-39)20-44-30-12-7-8-14-43-30/h9-11,15-17,19,30H,6-8,12-14,18,20H2,1-5H3,(H,35,41)(H,36,42). The van der Waals surface area contributed by atoms with Gasteiger partial charge >= 0.3 is 6.09 Å². The summed E-state index contributed by atoms with van der Waals surface area (Å²) in [5.74, 6) is -0.986. The first kappa shape index (κ1) is 33.9. The van der Waals surface area contributed by atoms with Gasteiger partial charge in [0.25, 0.3) is 0 Å². The van der Waals surface area contributed by atoms with E-state index in [-0.39, 0.29) is 24.3 Å². The van der Waals surface area contributed by atoms with Gasteiger partial charge in [-0.3, -0.25) is 14.9 Å². The van der Waals surface area contributed by atoms with Crippen LogP contribution in [0.3, 0.4) is 0 Å². The maximum atomic E-state index is 13.2. The number of hydrogen-bond donors (Lipinski definition) is 2. The third-order valence-electron chi connectivity index (χ3n) is 6.88. The van der Waals surface area contributed by atoms with Crippen LogP contribution in [0.25, 0.3) is 5.69 Å². The highest BCUT2D eigenvalue weighted by Crippen LogP contribution is 2.35. The lowest BCUT2D eigenvalue weighted by Crippen LogP contribution is -2.28. The van der Waals surface area contributed by atoms with Crippen LogP contribution >= 0.6 is 11.6 Å². The topological polar surface area (TPSA) is 137 Å². The molecule has 242 valence electrons. The SMILES string of the molecule is CCCN(C)c1cc(NC(=O)OC(C)(C)C)c(NC(=O)CC(=O)c2cccc(-n3nncc3COC3CCCCO3)c2)cc1Cl. The van der Waals surface area contributed by atoms with Crippen LogP contribution in [0.4, 0.5) is 21.9 Å². The van der Waals surface area contributed by atoms with Crippen molar-refractivity contribution in [3.8, 4) is 5.69 Å². The average Bonchev–Trinajstić information content (AvgIpc) is 3.46. The molecule has 45 heavy (non-hydrogen) atoms. The van der Waals surface area contributed by atoms with E-state index in [9.17, 15) is 14.4 Å². The largest absolute Gasteiger partial charge is 0.444 e. The van der Waals surface area contributed by atoms with Gasteiger partial charge in [0.15, 0.2) is 12.1 Å². The van der Waals surface area contributed by atoms with Crippen LogP contribution in [0.5, 0.6) is 0 Å². The van der Waals surface area contributed by atoms with E-state index in [1.54, 1.807) is 68.0 Å². The van der Waals surface area contributed by atoms with E-state index in [1.165, 1.54) is 0 Å². The number of halogens is 1. The molecule has 2 amide bonds. The number of Topliss-reactive ketones (excluding diaryl/α,β-unsaturated/α-hetero) is 1. The number of nitrogens with one attached hydrogen (secondary N) is 2. The van der Waals surface area contributed by atoms with Crippen molar-refractivity contribution >= 4 is 46.4 Å². The highest BCUT2D eigenvalue weighted by Gasteiger charge is 2.22. The van der Waals surface area contributed by atoms with E-state index < -0.39 is 29.8 Å². The summed E-state index contributed by atoms with van der Waals surface area (Å²) >= 11 is 6.57. The molecule has 1 aliphatic heterocycles. The molecule has 1 aromatic heterocycles. The minimum atomic E-state index is -0.730. The van der Waals surface area contributed by atoms with Crippen molar-refractivity contribution in [2.24, 2.45) is 0 Å². The van der Waals surface area contributed by atoms with Crippen LogP contribution in [0.1, 0.15) is 75.9 Å². The second kappa shape index (κ2) is 15.3. The lowest BCUT2D eigenvalue weighted by molar-refractivity contribution is -0.169. The number of rotatable bonds is 12. The Balaban J connectivity index is 1.47. The summed E-state index contributed by atoms with van der Waals surface area (Å²) in [5.41, 5.74) is 2.08. The molecule has 1 unspecified atom stereocenters. The second-order valence-electron chi connectivity index (χ2n) is 11.8. The number of carbonyl (C=O) groups is 3. The Kier molecular flexibility index (Phi) is 11.5. The van der Waals surface area contributed by atoms with Crippen LogP contribution in [0.15, 0.2) is 42.6 Å². The fraction of sp³-hybridized carbons (Fsp3) is 0.469. The quantitative estimate of drug-likeness (QED) is 0.171. The zero-order valence-electron chi connectivity index (χ0n) is 26.4. The minimum Gasteiger partial charge on any atom is -0.444 e. The molecule has 0 saturated carbocycles. The zero-order valence-corrected chi connectivity index (χ0v) is 27.1. The number of anilines is 3. The Hall–Kier alpha value is -4.00. The van der Waals surface area contributed by atoms with Crippen LogP contribution in [-0.2, 0) is 25.6 Å². The van der Waals surface area contributed by atoms with Gasteiger partial charge in [0.1, 0.15) is 5.60 Å². The molecule has 0 spiro atoms. The maximum Gasteiger partial charge on any atom is 0.412 e. The highest BCUT2D eigenvalue weighted by atomic mass is 35.5. The van der Waals surface area contributed by atoms with Crippen molar-refractivity contribution in [3.63, 3.8) is 0 Å². The molecule has 2 N–H and O–H groups in total. The third kappa shape index (κ3) is 9.74. The molecule has 2 aromatic carbocycles. The molecule has 0 bridgehead atoms. The second-order valence-corrected chi connectivity index (χ2v) is 12.2. The zero-order chi connectivity index (χ0) is 32.6. The molecule has 13 heteroatoms. The lowest BCUT2D eigenvalue weighted by atomic mass is 10.1. The van der Waals surface area contributed by atoms with E-state index in [4.69, 9.17) is 25.8 Å². The first-order chi connectivity index (χ1) is 21.4. The average molecular weight is 641 g/mol. The summed E-state index contributed by atoms with van der Waals surface area (Å²) in [7, 11) is 1.88. The van der Waals surface area contributed by atoms with Crippen molar-refractivity contribution in [3.05, 3.63) is 58.9 Å². The predicted octanol–water partition coefficient (Wildman–Crippen LogP) is 6.37. The summed E-state index contributed by atoms with van der Waals surface area (Å²) in [4.78, 5) is 40.9. The van der Waals surface area contributed by atoms with Crippen molar-refractivity contribution < 1.29 is 28.6 Å². The van der Waals surface area contributed by atoms with Gasteiger partial charge in [-0.1, -0.05) is 35.9 Å². The third-order valence-corrected chi connectivity index (χ3v) is 7.18. The Morgan fingerprint density at radius 1 is 1.13 bits per heavy atom. The summed E-state index contributed by atoms with van der Waals surface area (Å²) in [6.07, 6.45) is 3.98. The van der Waals surface area contributed by atoms with Gasteiger partial charge in [0, 0.05) is 25.8 Å². The Labute approximate surface area is 268 Å². The van der Waals surface area contributed by atoms with E-state index in [2.05, 4.69) is 20.9 Å². The van der Waals surface area contributed by atoms with Crippen molar-refractivity contribution in [1.82, 2.24) is 15.0 Å². The van der Waals surface area contributed by atoms with E-state index in [1.807, 2.05) is 18.9 Å². The summed E-state index contributed by atoms with van der Waals surface area (Å²) in [5, 5.41) is 14.0. The van der Waals surface area contributed by atoms with E-state index in [0.717, 1.165) is 32.2 Å². The predicted molar refractivity (Wildman–Crippen MR) is 172 cm³/mol.